The van der Waals surface area contributed by atoms with Gasteiger partial charge in [0.05, 0.1) is 11.8 Å². The van der Waals surface area contributed by atoms with Gasteiger partial charge in [0, 0.05) is 20.0 Å². The predicted octanol–water partition coefficient (Wildman–Crippen LogP) is 4.98. The fourth-order valence-electron chi connectivity index (χ4n) is 3.84. The Morgan fingerprint density at radius 2 is 1.76 bits per heavy atom. The first-order chi connectivity index (χ1) is 17.8. The number of amides is 1. The highest BCUT2D eigenvalue weighted by Crippen LogP contribution is 2.44. The molecule has 1 saturated carbocycles. The van der Waals surface area contributed by atoms with Gasteiger partial charge in [-0.3, -0.25) is 13.9 Å². The lowest BCUT2D eigenvalue weighted by Crippen LogP contribution is -2.32. The first-order valence-electron chi connectivity index (χ1n) is 12.6. The van der Waals surface area contributed by atoms with Crippen molar-refractivity contribution >= 4 is 27.7 Å². The molecule has 1 aliphatic carbocycles. The molecule has 3 rings (SSSR count). The number of hydrogen-bond acceptors (Lipinski definition) is 6. The number of hydrogen-bond donors (Lipinski definition) is 2. The lowest BCUT2D eigenvalue weighted by Gasteiger charge is -2.23. The van der Waals surface area contributed by atoms with Crippen LogP contribution in [0.5, 0.6) is 0 Å². The highest BCUT2D eigenvalue weighted by Gasteiger charge is 2.31. The van der Waals surface area contributed by atoms with Crippen LogP contribution in [-0.2, 0) is 14.8 Å². The third-order valence-corrected chi connectivity index (χ3v) is 7.42. The Morgan fingerprint density at radius 3 is 2.29 bits per heavy atom. The van der Waals surface area contributed by atoms with Gasteiger partial charge in [0.1, 0.15) is 12.1 Å². The normalized spacial score (nSPS) is 12.6. The van der Waals surface area contributed by atoms with Crippen LogP contribution in [0.15, 0.2) is 41.3 Å². The topological polar surface area (TPSA) is 130 Å². The molecule has 0 unspecified atom stereocenters. The summed E-state index contributed by atoms with van der Waals surface area (Å²) >= 11 is 0. The molecule has 0 aliphatic heterocycles. The molecular formula is C28H39N3O6S. The molecule has 0 spiro atoms. The van der Waals surface area contributed by atoms with Crippen molar-refractivity contribution in [1.82, 2.24) is 10.3 Å². The van der Waals surface area contributed by atoms with Crippen LogP contribution in [0.3, 0.4) is 0 Å². The third kappa shape index (κ3) is 9.48. The molecule has 0 bridgehead atoms. The Hall–Kier alpha value is -3.40. The van der Waals surface area contributed by atoms with Crippen molar-refractivity contribution in [3.05, 3.63) is 70.3 Å². The SMILES string of the molecule is CNC(=O)c1cocnc(N(CCCCC(=O)O)S(C)(=O)=O)c(C2CC2)cc1C.Cc1ccc(C)c(C)c1. The summed E-state index contributed by atoms with van der Waals surface area (Å²) in [6, 6.07) is 8.29. The first-order valence-corrected chi connectivity index (χ1v) is 14.5. The van der Waals surface area contributed by atoms with E-state index < -0.39 is 16.0 Å². The number of carboxylic acids is 1. The fourth-order valence-corrected chi connectivity index (χ4v) is 4.77. The monoisotopic (exact) mass is 545 g/mol. The van der Waals surface area contributed by atoms with Gasteiger partial charge in [-0.05, 0) is 81.5 Å². The molecule has 1 fully saturated rings. The zero-order valence-electron chi connectivity index (χ0n) is 23.1. The zero-order valence-corrected chi connectivity index (χ0v) is 23.9. The predicted molar refractivity (Wildman–Crippen MR) is 149 cm³/mol. The number of carbonyl (C=O) groups excluding carboxylic acids is 1. The number of nitrogens with one attached hydrogen (secondary N) is 1. The number of benzene rings is 1. The second-order valence-corrected chi connectivity index (χ2v) is 11.5. The number of carboxylic acid groups (broad SMARTS) is 1. The zero-order chi connectivity index (χ0) is 28.5. The van der Waals surface area contributed by atoms with Gasteiger partial charge in [-0.15, -0.1) is 0 Å². The summed E-state index contributed by atoms with van der Waals surface area (Å²) in [5, 5.41) is 11.4. The largest absolute Gasteiger partial charge is 0.481 e. The van der Waals surface area contributed by atoms with E-state index in [0.717, 1.165) is 31.1 Å². The summed E-state index contributed by atoms with van der Waals surface area (Å²) in [5.74, 6) is -0.853. The van der Waals surface area contributed by atoms with Crippen molar-refractivity contribution < 1.29 is 27.5 Å². The van der Waals surface area contributed by atoms with Gasteiger partial charge in [0.25, 0.3) is 5.91 Å². The Morgan fingerprint density at radius 1 is 1.08 bits per heavy atom. The minimum Gasteiger partial charge on any atom is -0.481 e. The van der Waals surface area contributed by atoms with Crippen molar-refractivity contribution in [2.24, 2.45) is 0 Å². The highest BCUT2D eigenvalue weighted by atomic mass is 32.2. The number of anilines is 1. The quantitative estimate of drug-likeness (QED) is 0.425. The summed E-state index contributed by atoms with van der Waals surface area (Å²) < 4.78 is 31.5. The Balaban J connectivity index is 0.000000474. The van der Waals surface area contributed by atoms with E-state index in [1.54, 1.807) is 13.0 Å². The number of rotatable bonds is 9. The molecule has 208 valence electrons. The molecule has 2 N–H and O–H groups in total. The standard InChI is InChI=1S/C19H27N3O6S.C9H12/c1-13-10-15(14-7-8-14)18(21-12-28-11-16(13)19(25)20-2)22(29(3,26)27)9-5-4-6-17(23)24;1-7-4-5-8(2)9(3)6-7/h10-12,14H,4-9H2,1-3H3,(H,20,25)(H,23,24);4-6H,1-3H3. The molecule has 1 heterocycles. The Bertz CT molecular complexity index is 1300. The van der Waals surface area contributed by atoms with Crippen molar-refractivity contribution in [1.29, 1.82) is 0 Å². The van der Waals surface area contributed by atoms with Gasteiger partial charge in [0.2, 0.25) is 10.0 Å². The average molecular weight is 546 g/mol. The third-order valence-electron chi connectivity index (χ3n) is 6.27. The van der Waals surface area contributed by atoms with Gasteiger partial charge < -0.3 is 14.8 Å². The van der Waals surface area contributed by atoms with E-state index in [4.69, 9.17) is 9.52 Å². The molecule has 1 aromatic carbocycles. The van der Waals surface area contributed by atoms with E-state index in [1.165, 1.54) is 34.3 Å². The maximum atomic E-state index is 12.5. The van der Waals surface area contributed by atoms with Crippen LogP contribution in [-0.4, -0.2) is 50.2 Å². The molecule has 0 saturated heterocycles. The number of aliphatic carboxylic acids is 1. The van der Waals surface area contributed by atoms with Gasteiger partial charge in [-0.25, -0.2) is 13.4 Å². The van der Waals surface area contributed by atoms with Crippen molar-refractivity contribution in [3.8, 4) is 0 Å². The lowest BCUT2D eigenvalue weighted by molar-refractivity contribution is -0.137. The van der Waals surface area contributed by atoms with Crippen molar-refractivity contribution in [3.63, 3.8) is 0 Å². The van der Waals surface area contributed by atoms with E-state index >= 15 is 0 Å². The summed E-state index contributed by atoms with van der Waals surface area (Å²) in [7, 11) is -2.15. The fraction of sp³-hybridized carbons (Fsp3) is 0.464. The Labute approximate surface area is 225 Å². The molecule has 1 aliphatic rings. The van der Waals surface area contributed by atoms with Gasteiger partial charge in [-0.2, -0.15) is 0 Å². The number of sulfonamides is 1. The second kappa shape index (κ2) is 13.9. The maximum absolute atomic E-state index is 12.5. The molecular weight excluding hydrogens is 506 g/mol. The van der Waals surface area contributed by atoms with Crippen LogP contribution < -0.4 is 9.62 Å². The second-order valence-electron chi connectivity index (χ2n) is 9.64. The molecule has 1 amide bonds. The van der Waals surface area contributed by atoms with Gasteiger partial charge >= 0.3 is 5.97 Å². The minimum atomic E-state index is -3.66. The average Bonchev–Trinajstić information content (AvgIpc) is 3.67. The Kier molecular flexibility index (Phi) is 11.3. The molecule has 38 heavy (non-hydrogen) atoms. The smallest absolute Gasteiger partial charge is 0.303 e. The van der Waals surface area contributed by atoms with Crippen LogP contribution in [0.25, 0.3) is 0 Å². The lowest BCUT2D eigenvalue weighted by atomic mass is 10.1. The minimum absolute atomic E-state index is 0.0308. The van der Waals surface area contributed by atoms with E-state index in [-0.39, 0.29) is 30.6 Å². The summed E-state index contributed by atoms with van der Waals surface area (Å²) in [6.07, 6.45) is 5.98. The summed E-state index contributed by atoms with van der Waals surface area (Å²) in [4.78, 5) is 27.1. The van der Waals surface area contributed by atoms with Gasteiger partial charge in [-0.1, -0.05) is 29.8 Å². The first kappa shape index (κ1) is 30.8. The summed E-state index contributed by atoms with van der Waals surface area (Å²) in [5.41, 5.74) is 5.79. The molecule has 2 aromatic rings. The molecule has 9 nitrogen and oxygen atoms in total. The van der Waals surface area contributed by atoms with Crippen LogP contribution in [0.1, 0.15) is 76.2 Å². The number of nitrogens with zero attached hydrogens (tertiary/aromatic N) is 2. The molecule has 0 radical (unpaired) electrons. The van der Waals surface area contributed by atoms with Crippen molar-refractivity contribution in [2.45, 2.75) is 65.7 Å². The van der Waals surface area contributed by atoms with Crippen molar-refractivity contribution in [2.75, 3.05) is 24.2 Å². The number of aromatic nitrogens is 1. The van der Waals surface area contributed by atoms with Crippen LogP contribution in [0.4, 0.5) is 5.82 Å². The van der Waals surface area contributed by atoms with Crippen LogP contribution >= 0.6 is 0 Å². The molecule has 0 atom stereocenters. The number of unbranched alkanes of at least 4 members (excludes halogenated alkanes) is 1. The molecule has 10 heteroatoms. The van der Waals surface area contributed by atoms with E-state index in [2.05, 4.69) is 49.3 Å². The maximum Gasteiger partial charge on any atom is 0.303 e. The van der Waals surface area contributed by atoms with Gasteiger partial charge in [0.15, 0.2) is 6.39 Å². The van der Waals surface area contributed by atoms with E-state index in [9.17, 15) is 18.0 Å². The number of carbonyl (C=O) groups is 2. The van der Waals surface area contributed by atoms with Crippen LogP contribution in [0, 0.1) is 27.7 Å². The van der Waals surface area contributed by atoms with Crippen LogP contribution in [0.2, 0.25) is 0 Å². The summed E-state index contributed by atoms with van der Waals surface area (Å²) in [6.45, 7) is 8.26. The number of aryl methyl sites for hydroxylation is 4. The van der Waals surface area contributed by atoms with E-state index in [0.29, 0.717) is 24.0 Å². The van der Waals surface area contributed by atoms with E-state index in [1.807, 2.05) is 0 Å². The molecule has 1 aromatic heterocycles. The highest BCUT2D eigenvalue weighted by molar-refractivity contribution is 7.92.